The van der Waals surface area contributed by atoms with Crippen LogP contribution in [0.3, 0.4) is 0 Å². The van der Waals surface area contributed by atoms with Gasteiger partial charge in [-0.25, -0.2) is 9.37 Å². The predicted octanol–water partition coefficient (Wildman–Crippen LogP) is 4.58. The maximum atomic E-state index is 13.3. The standard InChI is InChI=1S/C16H17FN2OS/c1-16(2,3)19-8-12-15(20-9-18-12)14-6-10-4-5-11(17)7-13(10)21-14/h4-7,9,19H,8H2,1-3H3. The molecule has 3 aromatic rings. The van der Waals surface area contributed by atoms with Crippen LogP contribution in [0.2, 0.25) is 0 Å². The summed E-state index contributed by atoms with van der Waals surface area (Å²) in [5.74, 6) is 0.538. The van der Waals surface area contributed by atoms with E-state index in [1.165, 1.54) is 23.8 Å². The molecule has 3 rings (SSSR count). The van der Waals surface area contributed by atoms with Gasteiger partial charge in [-0.3, -0.25) is 0 Å². The SMILES string of the molecule is CC(C)(C)NCc1ncoc1-c1cc2ccc(F)cc2s1. The van der Waals surface area contributed by atoms with Gasteiger partial charge >= 0.3 is 0 Å². The number of fused-ring (bicyclic) bond motifs is 1. The van der Waals surface area contributed by atoms with Crippen LogP contribution < -0.4 is 5.32 Å². The van der Waals surface area contributed by atoms with Crippen molar-refractivity contribution in [2.75, 3.05) is 0 Å². The quantitative estimate of drug-likeness (QED) is 0.769. The van der Waals surface area contributed by atoms with Crippen molar-refractivity contribution in [2.24, 2.45) is 0 Å². The summed E-state index contributed by atoms with van der Waals surface area (Å²) >= 11 is 1.52. The summed E-state index contributed by atoms with van der Waals surface area (Å²) in [7, 11) is 0. The van der Waals surface area contributed by atoms with Crippen LogP contribution in [-0.2, 0) is 6.54 Å². The highest BCUT2D eigenvalue weighted by atomic mass is 32.1. The molecule has 0 saturated heterocycles. The second-order valence-electron chi connectivity index (χ2n) is 6.02. The smallest absolute Gasteiger partial charge is 0.181 e. The largest absolute Gasteiger partial charge is 0.442 e. The van der Waals surface area contributed by atoms with Crippen molar-refractivity contribution in [1.29, 1.82) is 0 Å². The van der Waals surface area contributed by atoms with Gasteiger partial charge in [0, 0.05) is 16.8 Å². The van der Waals surface area contributed by atoms with E-state index >= 15 is 0 Å². The fourth-order valence-corrected chi connectivity index (χ4v) is 3.16. The molecule has 1 aromatic carbocycles. The Morgan fingerprint density at radius 2 is 2.10 bits per heavy atom. The molecule has 2 heterocycles. The third-order valence-corrected chi connectivity index (χ3v) is 4.23. The third kappa shape index (κ3) is 3.14. The first kappa shape index (κ1) is 14.2. The van der Waals surface area contributed by atoms with Crippen molar-refractivity contribution in [3.63, 3.8) is 0 Å². The number of thiophene rings is 1. The molecule has 0 atom stereocenters. The zero-order valence-corrected chi connectivity index (χ0v) is 13.1. The predicted molar refractivity (Wildman–Crippen MR) is 83.9 cm³/mol. The Morgan fingerprint density at radius 3 is 2.86 bits per heavy atom. The lowest BCUT2D eigenvalue weighted by Gasteiger charge is -2.19. The third-order valence-electron chi connectivity index (χ3n) is 3.13. The molecule has 110 valence electrons. The minimum Gasteiger partial charge on any atom is -0.442 e. The number of hydrogen-bond donors (Lipinski definition) is 1. The minimum atomic E-state index is -0.219. The van der Waals surface area contributed by atoms with Crippen molar-refractivity contribution in [2.45, 2.75) is 32.9 Å². The maximum Gasteiger partial charge on any atom is 0.181 e. The molecule has 21 heavy (non-hydrogen) atoms. The first-order chi connectivity index (χ1) is 9.92. The van der Waals surface area contributed by atoms with E-state index < -0.39 is 0 Å². The van der Waals surface area contributed by atoms with Crippen LogP contribution in [0.5, 0.6) is 0 Å². The molecule has 1 N–H and O–H groups in total. The molecular weight excluding hydrogens is 287 g/mol. The molecular formula is C16H17FN2OS. The van der Waals surface area contributed by atoms with Crippen LogP contribution in [0, 0.1) is 5.82 Å². The van der Waals surface area contributed by atoms with E-state index in [0.29, 0.717) is 6.54 Å². The number of halogens is 1. The number of nitrogens with one attached hydrogen (secondary N) is 1. The summed E-state index contributed by atoms with van der Waals surface area (Å²) in [5.41, 5.74) is 0.886. The summed E-state index contributed by atoms with van der Waals surface area (Å²) in [5, 5.41) is 4.42. The molecule has 0 amide bonds. The Labute approximate surface area is 126 Å². The van der Waals surface area contributed by atoms with Crippen LogP contribution in [0.4, 0.5) is 4.39 Å². The Bertz CT molecular complexity index is 770. The lowest BCUT2D eigenvalue weighted by molar-refractivity contribution is 0.421. The van der Waals surface area contributed by atoms with Crippen LogP contribution in [-0.4, -0.2) is 10.5 Å². The van der Waals surface area contributed by atoms with Crippen LogP contribution >= 0.6 is 11.3 Å². The Hall–Kier alpha value is -1.72. The lowest BCUT2D eigenvalue weighted by Crippen LogP contribution is -2.35. The summed E-state index contributed by atoms with van der Waals surface area (Å²) in [6.45, 7) is 6.96. The summed E-state index contributed by atoms with van der Waals surface area (Å²) in [6.07, 6.45) is 1.46. The van der Waals surface area contributed by atoms with E-state index in [9.17, 15) is 4.39 Å². The Morgan fingerprint density at radius 1 is 1.29 bits per heavy atom. The van der Waals surface area contributed by atoms with E-state index in [1.54, 1.807) is 12.1 Å². The second kappa shape index (κ2) is 5.24. The van der Waals surface area contributed by atoms with Crippen molar-refractivity contribution in [3.8, 4) is 10.6 Å². The average molecular weight is 304 g/mol. The number of rotatable bonds is 3. The number of nitrogens with zero attached hydrogens (tertiary/aromatic N) is 1. The highest BCUT2D eigenvalue weighted by molar-refractivity contribution is 7.22. The highest BCUT2D eigenvalue weighted by Crippen LogP contribution is 2.35. The summed E-state index contributed by atoms with van der Waals surface area (Å²) in [4.78, 5) is 5.26. The summed E-state index contributed by atoms with van der Waals surface area (Å²) in [6, 6.07) is 6.82. The zero-order chi connectivity index (χ0) is 15.0. The molecule has 0 unspecified atom stereocenters. The molecule has 0 spiro atoms. The highest BCUT2D eigenvalue weighted by Gasteiger charge is 2.16. The van der Waals surface area contributed by atoms with Gasteiger partial charge in [0.2, 0.25) is 0 Å². The minimum absolute atomic E-state index is 0.0134. The number of aromatic nitrogens is 1. The monoisotopic (exact) mass is 304 g/mol. The van der Waals surface area contributed by atoms with Crippen LogP contribution in [0.15, 0.2) is 35.1 Å². The molecule has 0 fully saturated rings. The lowest BCUT2D eigenvalue weighted by atomic mass is 10.1. The van der Waals surface area contributed by atoms with Gasteiger partial charge in [0.15, 0.2) is 12.2 Å². The first-order valence-electron chi connectivity index (χ1n) is 6.79. The molecule has 0 radical (unpaired) electrons. The van der Waals surface area contributed by atoms with Crippen LogP contribution in [0.1, 0.15) is 26.5 Å². The van der Waals surface area contributed by atoms with E-state index in [1.807, 2.05) is 6.07 Å². The van der Waals surface area contributed by atoms with Crippen LogP contribution in [0.25, 0.3) is 20.7 Å². The van der Waals surface area contributed by atoms with E-state index in [-0.39, 0.29) is 11.4 Å². The summed E-state index contributed by atoms with van der Waals surface area (Å²) < 4.78 is 19.7. The van der Waals surface area contributed by atoms with Gasteiger partial charge in [0.05, 0.1) is 4.88 Å². The van der Waals surface area contributed by atoms with Gasteiger partial charge in [0.25, 0.3) is 0 Å². The molecule has 0 saturated carbocycles. The second-order valence-corrected chi connectivity index (χ2v) is 7.11. The molecule has 0 aliphatic heterocycles. The number of oxazole rings is 1. The molecule has 0 bridgehead atoms. The van der Waals surface area contributed by atoms with Gasteiger partial charge < -0.3 is 9.73 Å². The number of hydrogen-bond acceptors (Lipinski definition) is 4. The van der Waals surface area contributed by atoms with Gasteiger partial charge in [0.1, 0.15) is 11.5 Å². The fourth-order valence-electron chi connectivity index (χ4n) is 2.06. The number of benzene rings is 1. The molecule has 5 heteroatoms. The normalized spacial score (nSPS) is 12.2. The van der Waals surface area contributed by atoms with Gasteiger partial charge in [-0.05, 0) is 44.4 Å². The molecule has 2 aromatic heterocycles. The Kier molecular flexibility index (Phi) is 3.55. The van der Waals surface area contributed by atoms with Gasteiger partial charge in [-0.1, -0.05) is 6.07 Å². The zero-order valence-electron chi connectivity index (χ0n) is 12.2. The maximum absolute atomic E-state index is 13.3. The molecule has 0 aliphatic rings. The molecule has 0 aliphatic carbocycles. The first-order valence-corrected chi connectivity index (χ1v) is 7.61. The Balaban J connectivity index is 1.94. The molecule has 3 nitrogen and oxygen atoms in total. The van der Waals surface area contributed by atoms with Crippen molar-refractivity contribution >= 4 is 21.4 Å². The topological polar surface area (TPSA) is 38.1 Å². The average Bonchev–Trinajstić information content (AvgIpc) is 3.00. The fraction of sp³-hybridized carbons (Fsp3) is 0.312. The van der Waals surface area contributed by atoms with E-state index in [4.69, 9.17) is 4.42 Å². The van der Waals surface area contributed by atoms with Gasteiger partial charge in [-0.15, -0.1) is 11.3 Å². The van der Waals surface area contributed by atoms with E-state index in [2.05, 4.69) is 31.1 Å². The van der Waals surface area contributed by atoms with E-state index in [0.717, 1.165) is 26.4 Å². The van der Waals surface area contributed by atoms with Crippen molar-refractivity contribution in [3.05, 3.63) is 42.2 Å². The van der Waals surface area contributed by atoms with Gasteiger partial charge in [-0.2, -0.15) is 0 Å². The van der Waals surface area contributed by atoms with Crippen molar-refractivity contribution in [1.82, 2.24) is 10.3 Å². The van der Waals surface area contributed by atoms with Crippen molar-refractivity contribution < 1.29 is 8.81 Å².